The van der Waals surface area contributed by atoms with E-state index in [1.165, 1.54) is 10.7 Å². The number of aliphatic hydroxyl groups is 1. The molecule has 2 aliphatic rings. The number of pyridine rings is 1. The van der Waals surface area contributed by atoms with Crippen molar-refractivity contribution in [3.05, 3.63) is 46.5 Å². The van der Waals surface area contributed by atoms with Crippen LogP contribution in [0.5, 0.6) is 0 Å². The fraction of sp³-hybridized carbons (Fsp3) is 0.478. The van der Waals surface area contributed by atoms with Gasteiger partial charge in [-0.2, -0.15) is 9.61 Å². The highest BCUT2D eigenvalue weighted by Crippen LogP contribution is 2.32. The highest BCUT2D eigenvalue weighted by Gasteiger charge is 2.42. The maximum atomic E-state index is 13.1. The van der Waals surface area contributed by atoms with Crippen LogP contribution >= 0.6 is 0 Å². The molecule has 3 aromatic rings. The van der Waals surface area contributed by atoms with Gasteiger partial charge in [0.15, 0.2) is 5.65 Å². The number of nitrogens with zero attached hydrogens (tertiary/aromatic N) is 4. The molecule has 2 atom stereocenters. The normalized spacial score (nSPS) is 22.9. The lowest BCUT2D eigenvalue weighted by Gasteiger charge is -2.42. The fourth-order valence-electron chi connectivity index (χ4n) is 4.53. The molecule has 1 saturated carbocycles. The summed E-state index contributed by atoms with van der Waals surface area (Å²) in [7, 11) is 1.74. The molecule has 34 heavy (non-hydrogen) atoms. The first-order chi connectivity index (χ1) is 16.4. The number of rotatable bonds is 6. The number of amides is 1. The molecule has 0 aromatic carbocycles. The summed E-state index contributed by atoms with van der Waals surface area (Å²) in [6, 6.07) is 5.06. The van der Waals surface area contributed by atoms with Crippen molar-refractivity contribution in [2.45, 2.75) is 50.3 Å². The van der Waals surface area contributed by atoms with E-state index >= 15 is 0 Å². The average Bonchev–Trinajstić information content (AvgIpc) is 3.27. The number of carbonyl (C=O) groups is 1. The summed E-state index contributed by atoms with van der Waals surface area (Å²) in [4.78, 5) is 30.7. The van der Waals surface area contributed by atoms with Crippen molar-refractivity contribution in [1.29, 1.82) is 0 Å². The topological polar surface area (TPSA) is 135 Å². The van der Waals surface area contributed by atoms with Gasteiger partial charge in [0.2, 0.25) is 0 Å². The molecule has 1 aliphatic heterocycles. The Hall–Kier alpha value is -3.44. The van der Waals surface area contributed by atoms with Crippen molar-refractivity contribution in [2.75, 3.05) is 30.9 Å². The third kappa shape index (κ3) is 4.01. The van der Waals surface area contributed by atoms with E-state index in [0.717, 1.165) is 12.8 Å². The minimum Gasteiger partial charge on any atom is -0.388 e. The van der Waals surface area contributed by atoms with Gasteiger partial charge in [0.25, 0.3) is 11.5 Å². The van der Waals surface area contributed by atoms with Gasteiger partial charge in [-0.1, -0.05) is 0 Å². The lowest BCUT2D eigenvalue weighted by Crippen LogP contribution is -2.58. The van der Waals surface area contributed by atoms with Gasteiger partial charge in [-0.05, 0) is 44.7 Å². The predicted molar refractivity (Wildman–Crippen MR) is 127 cm³/mol. The number of hydrogen-bond donors (Lipinski definition) is 4. The van der Waals surface area contributed by atoms with E-state index in [4.69, 9.17) is 4.74 Å². The lowest BCUT2D eigenvalue weighted by molar-refractivity contribution is -0.0486. The molecule has 1 amide bonds. The van der Waals surface area contributed by atoms with Gasteiger partial charge in [0.05, 0.1) is 17.8 Å². The molecule has 0 spiro atoms. The summed E-state index contributed by atoms with van der Waals surface area (Å²) in [6.07, 6.45) is 6.20. The first-order valence-corrected chi connectivity index (χ1v) is 11.5. The zero-order chi connectivity index (χ0) is 23.9. The van der Waals surface area contributed by atoms with Gasteiger partial charge < -0.3 is 30.4 Å². The molecular weight excluding hydrogens is 438 g/mol. The lowest BCUT2D eigenvalue weighted by atomic mass is 9.76. The smallest absolute Gasteiger partial charge is 0.274 e. The predicted octanol–water partition coefficient (Wildman–Crippen LogP) is 1.67. The molecule has 1 aliphatic carbocycles. The van der Waals surface area contributed by atoms with Crippen molar-refractivity contribution < 1.29 is 14.6 Å². The Morgan fingerprint density at radius 3 is 2.76 bits per heavy atom. The Balaban J connectivity index is 1.46. The first-order valence-electron chi connectivity index (χ1n) is 11.5. The summed E-state index contributed by atoms with van der Waals surface area (Å²) in [5.74, 6) is 0.653. The Kier molecular flexibility index (Phi) is 5.74. The molecule has 0 bridgehead atoms. The Labute approximate surface area is 196 Å². The molecule has 4 heterocycles. The van der Waals surface area contributed by atoms with E-state index in [-0.39, 0.29) is 29.1 Å². The molecule has 5 rings (SSSR count). The SMILES string of the molecule is CNc1cc(Nc2cccn(C3CCOCC3)c2=O)nc2c(C(=O)N[C@@H]3CC[C@@]3(C)O)cnn12. The minimum absolute atomic E-state index is 0.0974. The summed E-state index contributed by atoms with van der Waals surface area (Å²) in [5, 5.41) is 23.6. The number of carbonyl (C=O) groups excluding carboxylic acids is 1. The second-order valence-electron chi connectivity index (χ2n) is 9.10. The van der Waals surface area contributed by atoms with Gasteiger partial charge in [-0.3, -0.25) is 9.59 Å². The third-order valence-corrected chi connectivity index (χ3v) is 6.79. The Morgan fingerprint density at radius 1 is 1.29 bits per heavy atom. The van der Waals surface area contributed by atoms with Crippen LogP contribution in [0.15, 0.2) is 35.4 Å². The van der Waals surface area contributed by atoms with Crippen molar-refractivity contribution in [3.63, 3.8) is 0 Å². The van der Waals surface area contributed by atoms with Crippen LogP contribution in [0.25, 0.3) is 5.65 Å². The van der Waals surface area contributed by atoms with Gasteiger partial charge in [-0.25, -0.2) is 4.98 Å². The molecule has 11 nitrogen and oxygen atoms in total. The molecule has 4 N–H and O–H groups in total. The van der Waals surface area contributed by atoms with Crippen molar-refractivity contribution in [1.82, 2.24) is 24.5 Å². The highest BCUT2D eigenvalue weighted by molar-refractivity contribution is 6.00. The van der Waals surface area contributed by atoms with E-state index in [9.17, 15) is 14.7 Å². The molecule has 0 radical (unpaired) electrons. The van der Waals surface area contributed by atoms with Gasteiger partial charge in [0.1, 0.15) is 22.9 Å². The molecule has 11 heteroatoms. The maximum absolute atomic E-state index is 13.1. The fourth-order valence-corrected chi connectivity index (χ4v) is 4.53. The second-order valence-corrected chi connectivity index (χ2v) is 9.10. The number of ether oxygens (including phenoxy) is 1. The molecule has 0 unspecified atom stereocenters. The monoisotopic (exact) mass is 467 g/mol. The number of aromatic nitrogens is 4. The van der Waals surface area contributed by atoms with Crippen molar-refractivity contribution in [2.24, 2.45) is 0 Å². The van der Waals surface area contributed by atoms with Gasteiger partial charge in [-0.15, -0.1) is 0 Å². The van der Waals surface area contributed by atoms with E-state index in [1.807, 2.05) is 6.07 Å². The quantitative estimate of drug-likeness (QED) is 0.430. The van der Waals surface area contributed by atoms with Crippen LogP contribution in [0, 0.1) is 0 Å². The molecule has 3 aromatic heterocycles. The number of nitrogens with one attached hydrogen (secondary N) is 3. The highest BCUT2D eigenvalue weighted by atomic mass is 16.5. The van der Waals surface area contributed by atoms with E-state index in [1.54, 1.807) is 36.9 Å². The maximum Gasteiger partial charge on any atom is 0.274 e. The molecule has 2 fully saturated rings. The Bertz CT molecular complexity index is 1280. The van der Waals surface area contributed by atoms with Crippen LogP contribution in [-0.4, -0.2) is 62.1 Å². The molecule has 180 valence electrons. The number of fused-ring (bicyclic) bond motifs is 1. The molecular formula is C23H29N7O4. The summed E-state index contributed by atoms with van der Waals surface area (Å²) < 4.78 is 8.69. The standard InChI is InChI=1S/C23H29N7O4/c1-23(33)8-5-17(23)27-21(31)15-13-25-30-19(24-2)12-18(28-20(15)30)26-16-4-3-9-29(22(16)32)14-6-10-34-11-7-14/h3-4,9,12-14,17,24,33H,5-8,10-11H2,1-2H3,(H,26,28)(H,27,31)/t17-,23-/m1/s1. The van der Waals surface area contributed by atoms with E-state index in [2.05, 4.69) is 26.0 Å². The van der Waals surface area contributed by atoms with Crippen LogP contribution < -0.4 is 21.5 Å². The van der Waals surface area contributed by atoms with Crippen LogP contribution in [0.3, 0.4) is 0 Å². The molecule has 1 saturated heterocycles. The third-order valence-electron chi connectivity index (χ3n) is 6.79. The van der Waals surface area contributed by atoms with Gasteiger partial charge in [0, 0.05) is 38.6 Å². The minimum atomic E-state index is -0.910. The van der Waals surface area contributed by atoms with Crippen LogP contribution in [0.1, 0.15) is 49.0 Å². The van der Waals surface area contributed by atoms with Crippen LogP contribution in [0.2, 0.25) is 0 Å². The van der Waals surface area contributed by atoms with Crippen molar-refractivity contribution in [3.8, 4) is 0 Å². The zero-order valence-electron chi connectivity index (χ0n) is 19.2. The zero-order valence-corrected chi connectivity index (χ0v) is 19.2. The number of anilines is 3. The summed E-state index contributed by atoms with van der Waals surface area (Å²) >= 11 is 0. The summed E-state index contributed by atoms with van der Waals surface area (Å²) in [6.45, 7) is 2.99. The van der Waals surface area contributed by atoms with E-state index in [0.29, 0.717) is 49.0 Å². The van der Waals surface area contributed by atoms with Crippen molar-refractivity contribution >= 4 is 28.9 Å². The average molecular weight is 468 g/mol. The number of hydrogen-bond acceptors (Lipinski definition) is 8. The largest absolute Gasteiger partial charge is 0.388 e. The second kappa shape index (κ2) is 8.73. The van der Waals surface area contributed by atoms with Gasteiger partial charge >= 0.3 is 0 Å². The van der Waals surface area contributed by atoms with E-state index < -0.39 is 5.60 Å². The first kappa shape index (κ1) is 22.4. The Morgan fingerprint density at radius 2 is 2.09 bits per heavy atom. The van der Waals surface area contributed by atoms with Crippen LogP contribution in [0.4, 0.5) is 17.3 Å². The summed E-state index contributed by atoms with van der Waals surface area (Å²) in [5.41, 5.74) is -0.0289. The van der Waals surface area contributed by atoms with Crippen LogP contribution in [-0.2, 0) is 4.74 Å².